The SMILES string of the molecule is Cc1c(C)c(F)c(NC(=O)c2cnoc2C2CC2)c(F)c1F. The first-order valence-corrected chi connectivity index (χ1v) is 6.81. The highest BCUT2D eigenvalue weighted by atomic mass is 19.2. The normalized spacial score (nSPS) is 14.2. The maximum Gasteiger partial charge on any atom is 0.261 e. The number of carbonyl (C=O) groups is 1. The fourth-order valence-electron chi connectivity index (χ4n) is 2.24. The summed E-state index contributed by atoms with van der Waals surface area (Å²) in [6.45, 7) is 2.59. The van der Waals surface area contributed by atoms with Gasteiger partial charge in [0.25, 0.3) is 5.91 Å². The lowest BCUT2D eigenvalue weighted by atomic mass is 10.1. The molecule has 0 aliphatic heterocycles. The van der Waals surface area contributed by atoms with Gasteiger partial charge in [-0.15, -0.1) is 0 Å². The summed E-state index contributed by atoms with van der Waals surface area (Å²) in [4.78, 5) is 12.2. The van der Waals surface area contributed by atoms with Crippen LogP contribution in [0.15, 0.2) is 10.7 Å². The number of halogens is 3. The van der Waals surface area contributed by atoms with E-state index in [1.165, 1.54) is 20.0 Å². The molecule has 1 N–H and O–H groups in total. The van der Waals surface area contributed by atoms with E-state index < -0.39 is 29.0 Å². The number of carbonyl (C=O) groups excluding carboxylic acids is 1. The first-order valence-electron chi connectivity index (χ1n) is 6.81. The van der Waals surface area contributed by atoms with Crippen molar-refractivity contribution in [2.45, 2.75) is 32.6 Å². The molecule has 4 nitrogen and oxygen atoms in total. The Hall–Kier alpha value is -2.31. The lowest BCUT2D eigenvalue weighted by Crippen LogP contribution is -2.17. The van der Waals surface area contributed by atoms with Crippen LogP contribution >= 0.6 is 0 Å². The van der Waals surface area contributed by atoms with Gasteiger partial charge < -0.3 is 9.84 Å². The summed E-state index contributed by atoms with van der Waals surface area (Å²) in [7, 11) is 0. The third kappa shape index (κ3) is 2.26. The summed E-state index contributed by atoms with van der Waals surface area (Å²) in [6, 6.07) is 0. The van der Waals surface area contributed by atoms with Crippen LogP contribution in [0.4, 0.5) is 18.9 Å². The van der Waals surface area contributed by atoms with E-state index in [0.717, 1.165) is 12.8 Å². The summed E-state index contributed by atoms with van der Waals surface area (Å²) in [6.07, 6.45) is 2.93. The first kappa shape index (κ1) is 14.6. The zero-order valence-electron chi connectivity index (χ0n) is 12.0. The Morgan fingerprint density at radius 3 is 2.45 bits per heavy atom. The second kappa shape index (κ2) is 5.15. The maximum atomic E-state index is 14.1. The second-order valence-corrected chi connectivity index (χ2v) is 5.40. The van der Waals surface area contributed by atoms with Gasteiger partial charge in [0.15, 0.2) is 23.2 Å². The number of hydrogen-bond donors (Lipinski definition) is 1. The van der Waals surface area contributed by atoms with Crippen LogP contribution in [0, 0.1) is 31.3 Å². The average molecular weight is 310 g/mol. The molecule has 1 heterocycles. The zero-order chi connectivity index (χ0) is 16.0. The number of nitrogens with one attached hydrogen (secondary N) is 1. The lowest BCUT2D eigenvalue weighted by molar-refractivity contribution is 0.102. The van der Waals surface area contributed by atoms with Crippen molar-refractivity contribution >= 4 is 11.6 Å². The minimum atomic E-state index is -1.42. The van der Waals surface area contributed by atoms with Gasteiger partial charge in [-0.3, -0.25) is 4.79 Å². The molecule has 1 aromatic heterocycles. The van der Waals surface area contributed by atoms with Gasteiger partial charge in [0.1, 0.15) is 11.3 Å². The summed E-state index contributed by atoms with van der Waals surface area (Å²) < 4.78 is 46.7. The number of aromatic nitrogens is 1. The van der Waals surface area contributed by atoms with Crippen molar-refractivity contribution in [2.24, 2.45) is 0 Å². The van der Waals surface area contributed by atoms with Crippen LogP contribution in [-0.4, -0.2) is 11.1 Å². The van der Waals surface area contributed by atoms with Crippen LogP contribution in [0.2, 0.25) is 0 Å². The minimum Gasteiger partial charge on any atom is -0.360 e. The standard InChI is InChI=1S/C15H13F3N2O2/c1-6-7(2)11(17)13(12(18)10(6)16)20-15(21)9-5-19-22-14(9)8-3-4-8/h5,8H,3-4H2,1-2H3,(H,20,21). The molecular formula is C15H13F3N2O2. The van der Waals surface area contributed by atoms with Crippen LogP contribution in [-0.2, 0) is 0 Å². The Morgan fingerprint density at radius 1 is 1.18 bits per heavy atom. The van der Waals surface area contributed by atoms with Gasteiger partial charge in [-0.2, -0.15) is 0 Å². The number of hydrogen-bond acceptors (Lipinski definition) is 3. The molecule has 0 radical (unpaired) electrons. The van der Waals surface area contributed by atoms with Crippen LogP contribution in [0.3, 0.4) is 0 Å². The van der Waals surface area contributed by atoms with E-state index in [0.29, 0.717) is 5.76 Å². The summed E-state index contributed by atoms with van der Waals surface area (Å²) in [5, 5.41) is 5.63. The molecule has 3 rings (SSSR count). The minimum absolute atomic E-state index is 0.0538. The number of benzene rings is 1. The Kier molecular flexibility index (Phi) is 3.42. The highest BCUT2D eigenvalue weighted by Gasteiger charge is 2.33. The molecule has 0 spiro atoms. The van der Waals surface area contributed by atoms with Crippen LogP contribution < -0.4 is 5.32 Å². The number of nitrogens with zero attached hydrogens (tertiary/aromatic N) is 1. The number of rotatable bonds is 3. The van der Waals surface area contributed by atoms with Crippen LogP contribution in [0.5, 0.6) is 0 Å². The predicted octanol–water partition coefficient (Wildman–Crippen LogP) is 3.84. The van der Waals surface area contributed by atoms with Gasteiger partial charge in [-0.1, -0.05) is 5.16 Å². The maximum absolute atomic E-state index is 14.1. The Balaban J connectivity index is 1.96. The van der Waals surface area contributed by atoms with E-state index in [9.17, 15) is 18.0 Å². The van der Waals surface area contributed by atoms with E-state index in [1.54, 1.807) is 0 Å². The summed E-state index contributed by atoms with van der Waals surface area (Å²) in [5.41, 5.74) is -0.868. The van der Waals surface area contributed by atoms with E-state index in [1.807, 2.05) is 0 Å². The third-order valence-corrected chi connectivity index (χ3v) is 3.88. The Bertz CT molecular complexity index is 737. The summed E-state index contributed by atoms with van der Waals surface area (Å²) in [5.74, 6) is -3.87. The van der Waals surface area contributed by atoms with Crippen molar-refractivity contribution in [2.75, 3.05) is 5.32 Å². The highest BCUT2D eigenvalue weighted by molar-refractivity contribution is 6.05. The zero-order valence-corrected chi connectivity index (χ0v) is 12.0. The molecule has 0 bridgehead atoms. The highest BCUT2D eigenvalue weighted by Crippen LogP contribution is 2.41. The van der Waals surface area contributed by atoms with Gasteiger partial charge in [-0.25, -0.2) is 13.2 Å². The van der Waals surface area contributed by atoms with E-state index in [-0.39, 0.29) is 22.6 Å². The monoisotopic (exact) mass is 310 g/mol. The van der Waals surface area contributed by atoms with Gasteiger partial charge in [0.05, 0.1) is 6.20 Å². The van der Waals surface area contributed by atoms with E-state index >= 15 is 0 Å². The molecule has 2 aromatic rings. The van der Waals surface area contributed by atoms with Gasteiger partial charge >= 0.3 is 0 Å². The van der Waals surface area contributed by atoms with Gasteiger partial charge in [0, 0.05) is 5.92 Å². The predicted molar refractivity (Wildman–Crippen MR) is 72.2 cm³/mol. The fraction of sp³-hybridized carbons (Fsp3) is 0.333. The van der Waals surface area contributed by atoms with Crippen molar-refractivity contribution in [1.29, 1.82) is 0 Å². The Labute approximate surface area is 124 Å². The number of anilines is 1. The topological polar surface area (TPSA) is 55.1 Å². The quantitative estimate of drug-likeness (QED) is 0.876. The smallest absolute Gasteiger partial charge is 0.261 e. The molecule has 1 amide bonds. The molecule has 1 aliphatic carbocycles. The van der Waals surface area contributed by atoms with Crippen molar-refractivity contribution in [3.8, 4) is 0 Å². The second-order valence-electron chi connectivity index (χ2n) is 5.40. The molecule has 0 unspecified atom stereocenters. The number of amides is 1. The molecule has 22 heavy (non-hydrogen) atoms. The van der Waals surface area contributed by atoms with Crippen molar-refractivity contribution < 1.29 is 22.5 Å². The van der Waals surface area contributed by atoms with Crippen molar-refractivity contribution in [3.63, 3.8) is 0 Å². The van der Waals surface area contributed by atoms with E-state index in [2.05, 4.69) is 10.5 Å². The lowest BCUT2D eigenvalue weighted by Gasteiger charge is -2.12. The average Bonchev–Trinajstić information content (AvgIpc) is 3.24. The Morgan fingerprint density at radius 2 is 1.82 bits per heavy atom. The third-order valence-electron chi connectivity index (χ3n) is 3.88. The molecule has 1 fully saturated rings. The fourth-order valence-corrected chi connectivity index (χ4v) is 2.24. The summed E-state index contributed by atoms with van der Waals surface area (Å²) >= 11 is 0. The molecule has 0 atom stereocenters. The molecule has 1 aromatic carbocycles. The van der Waals surface area contributed by atoms with Crippen molar-refractivity contribution in [3.05, 3.63) is 46.1 Å². The van der Waals surface area contributed by atoms with E-state index in [4.69, 9.17) is 4.52 Å². The molecule has 7 heteroatoms. The van der Waals surface area contributed by atoms with Crippen LogP contribution in [0.25, 0.3) is 0 Å². The molecule has 1 saturated carbocycles. The molecule has 0 saturated heterocycles. The first-order chi connectivity index (χ1) is 10.4. The molecule has 116 valence electrons. The largest absolute Gasteiger partial charge is 0.360 e. The van der Waals surface area contributed by atoms with Gasteiger partial charge in [-0.05, 0) is 37.8 Å². The van der Waals surface area contributed by atoms with Crippen molar-refractivity contribution in [1.82, 2.24) is 5.16 Å². The van der Waals surface area contributed by atoms with Gasteiger partial charge in [0.2, 0.25) is 0 Å². The molecule has 1 aliphatic rings. The molecular weight excluding hydrogens is 297 g/mol. The van der Waals surface area contributed by atoms with Crippen LogP contribution in [0.1, 0.15) is 46.0 Å².